The van der Waals surface area contributed by atoms with Gasteiger partial charge in [0, 0.05) is 40.5 Å². The van der Waals surface area contributed by atoms with E-state index < -0.39 is 0 Å². The van der Waals surface area contributed by atoms with Gasteiger partial charge < -0.3 is 20.1 Å². The third kappa shape index (κ3) is 4.44. The summed E-state index contributed by atoms with van der Waals surface area (Å²) >= 11 is 0. The third-order valence-corrected chi connectivity index (χ3v) is 3.30. The third-order valence-electron chi connectivity index (χ3n) is 3.30. The number of aromatic nitrogens is 2. The molecule has 0 bridgehead atoms. The van der Waals surface area contributed by atoms with E-state index in [-0.39, 0.29) is 5.91 Å². The van der Waals surface area contributed by atoms with Gasteiger partial charge in [-0.15, -0.1) is 0 Å². The first-order valence-corrected chi connectivity index (χ1v) is 7.16. The Morgan fingerprint density at radius 1 is 1.29 bits per heavy atom. The minimum atomic E-state index is -0.108. The van der Waals surface area contributed by atoms with Crippen molar-refractivity contribution in [3.05, 3.63) is 11.4 Å². The van der Waals surface area contributed by atoms with Crippen molar-refractivity contribution in [3.8, 4) is 0 Å². The van der Waals surface area contributed by atoms with E-state index in [1.54, 1.807) is 23.8 Å². The Bertz CT molecular complexity index is 459. The Morgan fingerprint density at radius 2 is 1.95 bits per heavy atom. The van der Waals surface area contributed by atoms with Crippen LogP contribution in [0.25, 0.3) is 0 Å². The van der Waals surface area contributed by atoms with Crippen molar-refractivity contribution in [2.24, 2.45) is 0 Å². The summed E-state index contributed by atoms with van der Waals surface area (Å²) in [5.41, 5.74) is 7.61. The first kappa shape index (κ1) is 17.5. The molecular weight excluding hydrogens is 272 g/mol. The predicted octanol–water partition coefficient (Wildman–Crippen LogP) is 0.919. The number of hydrogen-bond acceptors (Lipinski definition) is 5. The molecule has 21 heavy (non-hydrogen) atoms. The van der Waals surface area contributed by atoms with Gasteiger partial charge in [0.25, 0.3) is 5.91 Å². The van der Waals surface area contributed by atoms with Crippen LogP contribution in [0.1, 0.15) is 29.5 Å². The molecule has 2 N–H and O–H groups in total. The maximum Gasteiger partial charge on any atom is 0.274 e. The molecule has 0 saturated heterocycles. The molecule has 1 aromatic heterocycles. The van der Waals surface area contributed by atoms with E-state index in [9.17, 15) is 4.79 Å². The second kappa shape index (κ2) is 8.63. The minimum absolute atomic E-state index is 0.108. The lowest BCUT2D eigenvalue weighted by Crippen LogP contribution is -2.37. The summed E-state index contributed by atoms with van der Waals surface area (Å²) in [4.78, 5) is 14.5. The first-order valence-electron chi connectivity index (χ1n) is 7.16. The van der Waals surface area contributed by atoms with Crippen LogP contribution in [0.15, 0.2) is 0 Å². The maximum atomic E-state index is 12.7. The lowest BCUT2D eigenvalue weighted by molar-refractivity contribution is 0.0663. The number of methoxy groups -OCH3 is 2. The highest BCUT2D eigenvalue weighted by atomic mass is 16.5. The Labute approximate surface area is 126 Å². The van der Waals surface area contributed by atoms with E-state index in [4.69, 9.17) is 15.2 Å². The number of amides is 1. The Morgan fingerprint density at radius 3 is 2.52 bits per heavy atom. The van der Waals surface area contributed by atoms with Crippen molar-refractivity contribution >= 4 is 11.6 Å². The van der Waals surface area contributed by atoms with Crippen LogP contribution in [0.3, 0.4) is 0 Å². The Balaban J connectivity index is 2.92. The first-order chi connectivity index (χ1) is 10.1. The molecule has 1 rings (SSSR count). The monoisotopic (exact) mass is 298 g/mol. The van der Waals surface area contributed by atoms with Gasteiger partial charge in [-0.3, -0.25) is 9.48 Å². The zero-order valence-corrected chi connectivity index (χ0v) is 13.4. The predicted molar refractivity (Wildman–Crippen MR) is 81.3 cm³/mol. The minimum Gasteiger partial charge on any atom is -0.395 e. The van der Waals surface area contributed by atoms with Gasteiger partial charge in [0.1, 0.15) is 5.69 Å². The van der Waals surface area contributed by atoms with Crippen molar-refractivity contribution in [3.63, 3.8) is 0 Å². The normalized spacial score (nSPS) is 10.9. The summed E-state index contributed by atoms with van der Waals surface area (Å²) in [5.74, 6) is -0.108. The van der Waals surface area contributed by atoms with Crippen LogP contribution >= 0.6 is 0 Å². The second-order valence-electron chi connectivity index (χ2n) is 4.79. The molecule has 0 spiro atoms. The lowest BCUT2D eigenvalue weighted by atomic mass is 10.2. The van der Waals surface area contributed by atoms with Crippen molar-refractivity contribution in [2.75, 3.05) is 46.3 Å². The largest absolute Gasteiger partial charge is 0.395 e. The van der Waals surface area contributed by atoms with Gasteiger partial charge in [0.15, 0.2) is 0 Å². The average Bonchev–Trinajstić information content (AvgIpc) is 2.77. The molecule has 7 heteroatoms. The Hall–Kier alpha value is -1.60. The van der Waals surface area contributed by atoms with Crippen LogP contribution in [0.2, 0.25) is 0 Å². The fourth-order valence-corrected chi connectivity index (χ4v) is 2.12. The summed E-state index contributed by atoms with van der Waals surface area (Å²) < 4.78 is 11.8. The highest BCUT2D eigenvalue weighted by Crippen LogP contribution is 2.18. The number of nitrogens with two attached hydrogens (primary N) is 1. The average molecular weight is 298 g/mol. The molecule has 120 valence electrons. The van der Waals surface area contributed by atoms with E-state index in [2.05, 4.69) is 5.10 Å². The summed E-state index contributed by atoms with van der Waals surface area (Å²) in [7, 11) is 3.27. The quantitative estimate of drug-likeness (QED) is 0.685. The molecule has 0 unspecified atom stereocenters. The van der Waals surface area contributed by atoms with Gasteiger partial charge in [0.2, 0.25) is 0 Å². The van der Waals surface area contributed by atoms with Crippen molar-refractivity contribution in [2.45, 2.75) is 26.8 Å². The van der Waals surface area contributed by atoms with E-state index in [0.29, 0.717) is 49.9 Å². The van der Waals surface area contributed by atoms with Crippen LogP contribution in [0.5, 0.6) is 0 Å². The molecule has 1 amide bonds. The molecule has 0 atom stereocenters. The van der Waals surface area contributed by atoms with Gasteiger partial charge in [-0.05, 0) is 20.3 Å². The number of carbonyl (C=O) groups excluding carboxylic acids is 1. The number of ether oxygens (including phenoxy) is 2. The SMILES string of the molecule is CCn1nc(C)c(N)c1C(=O)N(CCCOC)CCOC. The number of aryl methyl sites for hydroxylation is 2. The summed E-state index contributed by atoms with van der Waals surface area (Å²) in [6.45, 7) is 6.57. The molecule has 7 nitrogen and oxygen atoms in total. The zero-order chi connectivity index (χ0) is 15.8. The number of hydrogen-bond donors (Lipinski definition) is 1. The standard InChI is InChI=1S/C14H26N4O3/c1-5-18-13(12(15)11(2)16-18)14(19)17(8-10-21-4)7-6-9-20-3/h5-10,15H2,1-4H3. The molecule has 0 radical (unpaired) electrons. The number of rotatable bonds is 9. The maximum absolute atomic E-state index is 12.7. The fraction of sp³-hybridized carbons (Fsp3) is 0.714. The topological polar surface area (TPSA) is 82.6 Å². The highest BCUT2D eigenvalue weighted by Gasteiger charge is 2.24. The van der Waals surface area contributed by atoms with Crippen LogP contribution in [0.4, 0.5) is 5.69 Å². The summed E-state index contributed by atoms with van der Waals surface area (Å²) in [5, 5.41) is 4.30. The zero-order valence-electron chi connectivity index (χ0n) is 13.4. The molecule has 0 aliphatic heterocycles. The van der Waals surface area contributed by atoms with E-state index >= 15 is 0 Å². The van der Waals surface area contributed by atoms with Crippen molar-refractivity contribution < 1.29 is 14.3 Å². The smallest absolute Gasteiger partial charge is 0.274 e. The fourth-order valence-electron chi connectivity index (χ4n) is 2.12. The van der Waals surface area contributed by atoms with Gasteiger partial charge >= 0.3 is 0 Å². The summed E-state index contributed by atoms with van der Waals surface area (Å²) in [6, 6.07) is 0. The molecule has 0 aliphatic rings. The van der Waals surface area contributed by atoms with Gasteiger partial charge in [0.05, 0.1) is 18.0 Å². The molecule has 0 aromatic carbocycles. The van der Waals surface area contributed by atoms with Crippen LogP contribution in [-0.4, -0.2) is 61.1 Å². The van der Waals surface area contributed by atoms with E-state index in [1.807, 2.05) is 13.8 Å². The molecule has 0 fully saturated rings. The summed E-state index contributed by atoms with van der Waals surface area (Å²) in [6.07, 6.45) is 0.769. The number of carbonyl (C=O) groups is 1. The highest BCUT2D eigenvalue weighted by molar-refractivity contribution is 5.98. The van der Waals surface area contributed by atoms with Crippen molar-refractivity contribution in [1.82, 2.24) is 14.7 Å². The number of anilines is 1. The van der Waals surface area contributed by atoms with E-state index in [0.717, 1.165) is 6.42 Å². The number of nitrogen functional groups attached to an aromatic ring is 1. The lowest BCUT2D eigenvalue weighted by Gasteiger charge is -2.22. The van der Waals surface area contributed by atoms with Crippen LogP contribution < -0.4 is 5.73 Å². The molecule has 0 saturated carbocycles. The molecule has 1 aromatic rings. The molecule has 1 heterocycles. The molecule has 0 aliphatic carbocycles. The van der Waals surface area contributed by atoms with E-state index in [1.165, 1.54) is 0 Å². The van der Waals surface area contributed by atoms with Gasteiger partial charge in [-0.2, -0.15) is 5.10 Å². The molecular formula is C14H26N4O3. The van der Waals surface area contributed by atoms with Gasteiger partial charge in [-0.25, -0.2) is 0 Å². The second-order valence-corrected chi connectivity index (χ2v) is 4.79. The number of nitrogens with zero attached hydrogens (tertiary/aromatic N) is 3. The van der Waals surface area contributed by atoms with Crippen molar-refractivity contribution in [1.29, 1.82) is 0 Å². The van der Waals surface area contributed by atoms with Crippen LogP contribution in [-0.2, 0) is 16.0 Å². The Kier molecular flexibility index (Phi) is 7.18. The van der Waals surface area contributed by atoms with Crippen LogP contribution in [0, 0.1) is 6.92 Å². The van der Waals surface area contributed by atoms with Gasteiger partial charge in [-0.1, -0.05) is 0 Å².